The maximum absolute atomic E-state index is 13.0. The SMILES string of the molecule is COC(=O)CC1N(S(=O)(=O)c2ccc(C)cc2)C(=O)CC12CCC2. The Morgan fingerprint density at radius 3 is 2.42 bits per heavy atom. The zero-order chi connectivity index (χ0) is 17.5. The number of hydrogen-bond acceptors (Lipinski definition) is 5. The van der Waals surface area contributed by atoms with E-state index in [2.05, 4.69) is 0 Å². The molecule has 1 spiro atoms. The van der Waals surface area contributed by atoms with Crippen LogP contribution in [0.25, 0.3) is 0 Å². The van der Waals surface area contributed by atoms with Crippen LogP contribution in [0.2, 0.25) is 0 Å². The third-order valence-corrected chi connectivity index (χ3v) is 7.10. The number of carbonyl (C=O) groups is 2. The summed E-state index contributed by atoms with van der Waals surface area (Å²) in [5.41, 5.74) is 0.520. The fourth-order valence-electron chi connectivity index (χ4n) is 3.73. The van der Waals surface area contributed by atoms with Gasteiger partial charge in [0.15, 0.2) is 0 Å². The fraction of sp³-hybridized carbons (Fsp3) is 0.529. The van der Waals surface area contributed by atoms with Crippen molar-refractivity contribution in [2.45, 2.75) is 50.0 Å². The summed E-state index contributed by atoms with van der Waals surface area (Å²) in [4.78, 5) is 24.4. The highest BCUT2D eigenvalue weighted by Crippen LogP contribution is 2.55. The Bertz CT molecular complexity index is 765. The highest BCUT2D eigenvalue weighted by atomic mass is 32.2. The first kappa shape index (κ1) is 17.0. The lowest BCUT2D eigenvalue weighted by atomic mass is 9.63. The minimum Gasteiger partial charge on any atom is -0.469 e. The molecule has 1 heterocycles. The van der Waals surface area contributed by atoms with E-state index in [0.717, 1.165) is 29.1 Å². The van der Waals surface area contributed by atoms with Crippen LogP contribution in [0.4, 0.5) is 0 Å². The average molecular weight is 351 g/mol. The number of ether oxygens (including phenoxy) is 1. The number of methoxy groups -OCH3 is 1. The number of nitrogens with zero attached hydrogens (tertiary/aromatic N) is 1. The third kappa shape index (κ3) is 2.60. The molecule has 1 saturated carbocycles. The number of sulfonamides is 1. The van der Waals surface area contributed by atoms with Crippen molar-refractivity contribution < 1.29 is 22.7 Å². The van der Waals surface area contributed by atoms with E-state index >= 15 is 0 Å². The second kappa shape index (κ2) is 5.88. The van der Waals surface area contributed by atoms with Crippen molar-refractivity contribution in [1.82, 2.24) is 4.31 Å². The average Bonchev–Trinajstić information content (AvgIpc) is 2.80. The molecule has 24 heavy (non-hydrogen) atoms. The fourth-order valence-corrected chi connectivity index (χ4v) is 5.40. The Morgan fingerprint density at radius 2 is 1.92 bits per heavy atom. The van der Waals surface area contributed by atoms with Gasteiger partial charge in [-0.3, -0.25) is 9.59 Å². The number of esters is 1. The van der Waals surface area contributed by atoms with E-state index in [4.69, 9.17) is 4.74 Å². The minimum atomic E-state index is -3.98. The molecule has 3 rings (SSSR count). The standard InChI is InChI=1S/C17H21NO5S/c1-12-4-6-13(7-5-12)24(21,22)18-14(10-16(20)23-2)17(8-3-9-17)11-15(18)19/h4-7,14H,3,8-11H2,1-2H3. The van der Waals surface area contributed by atoms with E-state index in [-0.39, 0.29) is 17.7 Å². The van der Waals surface area contributed by atoms with Crippen molar-refractivity contribution in [2.75, 3.05) is 7.11 Å². The first-order chi connectivity index (χ1) is 11.3. The summed E-state index contributed by atoms with van der Waals surface area (Å²) >= 11 is 0. The Kier molecular flexibility index (Phi) is 4.15. The molecule has 0 aromatic heterocycles. The largest absolute Gasteiger partial charge is 0.469 e. The Hall–Kier alpha value is -1.89. The lowest BCUT2D eigenvalue weighted by Gasteiger charge is -2.43. The number of aryl methyl sites for hydroxylation is 1. The molecule has 1 aliphatic heterocycles. The number of amides is 1. The molecule has 7 heteroatoms. The smallest absolute Gasteiger partial charge is 0.307 e. The number of hydrogen-bond donors (Lipinski definition) is 0. The lowest BCUT2D eigenvalue weighted by Crippen LogP contribution is -2.47. The number of rotatable bonds is 4. The summed E-state index contributed by atoms with van der Waals surface area (Å²) in [6.45, 7) is 1.86. The maximum atomic E-state index is 13.0. The van der Waals surface area contributed by atoms with Gasteiger partial charge in [-0.25, -0.2) is 12.7 Å². The summed E-state index contributed by atoms with van der Waals surface area (Å²) in [7, 11) is -2.71. The molecule has 2 aliphatic rings. The van der Waals surface area contributed by atoms with Crippen molar-refractivity contribution in [3.63, 3.8) is 0 Å². The van der Waals surface area contributed by atoms with Crippen molar-refractivity contribution >= 4 is 21.9 Å². The van der Waals surface area contributed by atoms with E-state index in [9.17, 15) is 18.0 Å². The molecule has 1 aromatic rings. The molecular weight excluding hydrogens is 330 g/mol. The molecule has 130 valence electrons. The van der Waals surface area contributed by atoms with E-state index in [1.165, 1.54) is 19.2 Å². The number of carbonyl (C=O) groups excluding carboxylic acids is 2. The van der Waals surface area contributed by atoms with E-state index in [1.807, 2.05) is 6.92 Å². The second-order valence-electron chi connectivity index (χ2n) is 6.70. The minimum absolute atomic E-state index is 0.0766. The van der Waals surface area contributed by atoms with Crippen molar-refractivity contribution in [1.29, 1.82) is 0 Å². The normalized spacial score (nSPS) is 22.5. The quantitative estimate of drug-likeness (QED) is 0.775. The van der Waals surface area contributed by atoms with Crippen LogP contribution in [0.5, 0.6) is 0 Å². The summed E-state index contributed by atoms with van der Waals surface area (Å²) in [5, 5.41) is 0. The second-order valence-corrected chi connectivity index (χ2v) is 8.51. The van der Waals surface area contributed by atoms with Gasteiger partial charge < -0.3 is 4.74 Å². The van der Waals surface area contributed by atoms with Crippen LogP contribution >= 0.6 is 0 Å². The van der Waals surface area contributed by atoms with Gasteiger partial charge in [0.25, 0.3) is 10.0 Å². The molecule has 2 fully saturated rings. The van der Waals surface area contributed by atoms with Gasteiger partial charge in [-0.1, -0.05) is 24.1 Å². The zero-order valence-corrected chi connectivity index (χ0v) is 14.6. The van der Waals surface area contributed by atoms with Crippen LogP contribution in [-0.4, -0.2) is 37.8 Å². The van der Waals surface area contributed by atoms with Gasteiger partial charge in [-0.05, 0) is 31.9 Å². The topological polar surface area (TPSA) is 80.8 Å². The summed E-state index contributed by atoms with van der Waals surface area (Å²) in [5.74, 6) is -0.922. The lowest BCUT2D eigenvalue weighted by molar-refractivity contribution is -0.142. The van der Waals surface area contributed by atoms with Crippen molar-refractivity contribution in [2.24, 2.45) is 5.41 Å². The first-order valence-corrected chi connectivity index (χ1v) is 9.45. The van der Waals surface area contributed by atoms with E-state index in [1.54, 1.807) is 12.1 Å². The van der Waals surface area contributed by atoms with Gasteiger partial charge in [-0.15, -0.1) is 0 Å². The van der Waals surface area contributed by atoms with Gasteiger partial charge >= 0.3 is 5.97 Å². The van der Waals surface area contributed by atoms with Crippen LogP contribution in [0, 0.1) is 12.3 Å². The van der Waals surface area contributed by atoms with Gasteiger partial charge in [0.05, 0.1) is 24.5 Å². The Labute approximate surface area is 141 Å². The van der Waals surface area contributed by atoms with Crippen molar-refractivity contribution in [3.8, 4) is 0 Å². The highest BCUT2D eigenvalue weighted by molar-refractivity contribution is 7.89. The zero-order valence-electron chi connectivity index (χ0n) is 13.8. The first-order valence-electron chi connectivity index (χ1n) is 8.01. The molecule has 1 aliphatic carbocycles. The monoisotopic (exact) mass is 351 g/mol. The van der Waals surface area contributed by atoms with Crippen LogP contribution in [0.1, 0.15) is 37.7 Å². The van der Waals surface area contributed by atoms with Crippen LogP contribution in [0.15, 0.2) is 29.2 Å². The summed E-state index contributed by atoms with van der Waals surface area (Å²) in [6.07, 6.45) is 2.57. The molecular formula is C17H21NO5S. The molecule has 1 unspecified atom stereocenters. The van der Waals surface area contributed by atoms with Gasteiger partial charge in [-0.2, -0.15) is 0 Å². The predicted octanol–water partition coefficient (Wildman–Crippen LogP) is 2.02. The van der Waals surface area contributed by atoms with Gasteiger partial charge in [0, 0.05) is 11.8 Å². The third-order valence-electron chi connectivity index (χ3n) is 5.25. The molecule has 0 bridgehead atoms. The molecule has 1 aromatic carbocycles. The maximum Gasteiger partial charge on any atom is 0.307 e. The van der Waals surface area contributed by atoms with Crippen molar-refractivity contribution in [3.05, 3.63) is 29.8 Å². The molecule has 1 atom stereocenters. The molecule has 1 saturated heterocycles. The predicted molar refractivity (Wildman–Crippen MR) is 86.5 cm³/mol. The molecule has 0 N–H and O–H groups in total. The summed E-state index contributed by atoms with van der Waals surface area (Å²) in [6, 6.07) is 5.74. The van der Waals surface area contributed by atoms with Crippen LogP contribution in [0.3, 0.4) is 0 Å². The van der Waals surface area contributed by atoms with Gasteiger partial charge in [0.2, 0.25) is 5.91 Å². The van der Waals surface area contributed by atoms with Crippen LogP contribution < -0.4 is 0 Å². The summed E-state index contributed by atoms with van der Waals surface area (Å²) < 4.78 is 31.7. The molecule has 0 radical (unpaired) electrons. The molecule has 6 nitrogen and oxygen atoms in total. The van der Waals surface area contributed by atoms with E-state index in [0.29, 0.717) is 0 Å². The van der Waals surface area contributed by atoms with Crippen LogP contribution in [-0.2, 0) is 24.3 Å². The molecule has 1 amide bonds. The number of benzene rings is 1. The Balaban J connectivity index is 2.01. The highest BCUT2D eigenvalue weighted by Gasteiger charge is 2.58. The van der Waals surface area contributed by atoms with Gasteiger partial charge in [0.1, 0.15) is 0 Å². The van der Waals surface area contributed by atoms with E-state index < -0.39 is 33.4 Å². The Morgan fingerprint density at radius 1 is 1.29 bits per heavy atom.